The van der Waals surface area contributed by atoms with Crippen LogP contribution in [0.25, 0.3) is 0 Å². The molecule has 0 radical (unpaired) electrons. The second-order valence-corrected chi connectivity index (χ2v) is 4.81. The number of rotatable bonds is 6. The number of halogens is 1. The first-order chi connectivity index (χ1) is 7.74. The molecule has 0 saturated carbocycles. The van der Waals surface area contributed by atoms with E-state index in [4.69, 9.17) is 6.42 Å². The van der Waals surface area contributed by atoms with Gasteiger partial charge in [0.2, 0.25) is 0 Å². The van der Waals surface area contributed by atoms with Gasteiger partial charge < -0.3 is 5.32 Å². The Balaban J connectivity index is 2.30. The van der Waals surface area contributed by atoms with Crippen molar-refractivity contribution in [3.8, 4) is 12.3 Å². The minimum absolute atomic E-state index is 0.392. The zero-order valence-corrected chi connectivity index (χ0v) is 11.3. The monoisotopic (exact) mass is 279 g/mol. The van der Waals surface area contributed by atoms with Crippen molar-refractivity contribution < 1.29 is 0 Å². The molecular weight excluding hydrogens is 262 g/mol. The van der Waals surface area contributed by atoms with Crippen LogP contribution in [-0.4, -0.2) is 6.54 Å². The van der Waals surface area contributed by atoms with Gasteiger partial charge in [-0.05, 0) is 44.0 Å². The van der Waals surface area contributed by atoms with E-state index in [1.807, 2.05) is 6.07 Å². The molecule has 0 fully saturated rings. The van der Waals surface area contributed by atoms with E-state index in [1.165, 1.54) is 5.56 Å². The second kappa shape index (κ2) is 7.49. The van der Waals surface area contributed by atoms with Crippen molar-refractivity contribution in [3.63, 3.8) is 0 Å². The largest absolute Gasteiger partial charge is 0.310 e. The van der Waals surface area contributed by atoms with Gasteiger partial charge in [0.05, 0.1) is 0 Å². The highest BCUT2D eigenvalue weighted by molar-refractivity contribution is 9.10. The molecule has 1 aromatic rings. The first kappa shape index (κ1) is 13.3. The molecule has 1 rings (SSSR count). The molecule has 1 N–H and O–H groups in total. The number of hydrogen-bond donors (Lipinski definition) is 1. The van der Waals surface area contributed by atoms with Crippen molar-refractivity contribution >= 4 is 15.9 Å². The Hall–Kier alpha value is -0.780. The van der Waals surface area contributed by atoms with Crippen molar-refractivity contribution in [1.82, 2.24) is 5.32 Å². The summed E-state index contributed by atoms with van der Waals surface area (Å²) in [5.41, 5.74) is 1.31. The van der Waals surface area contributed by atoms with Gasteiger partial charge in [-0.3, -0.25) is 0 Å². The maximum Gasteiger partial charge on any atom is 0.0292 e. The zero-order chi connectivity index (χ0) is 11.8. The molecule has 2 heteroatoms. The predicted octanol–water partition coefficient (Wildman–Crippen LogP) is 3.90. The van der Waals surface area contributed by atoms with Crippen LogP contribution in [-0.2, 0) is 0 Å². The molecule has 1 nitrogen and oxygen atoms in total. The summed E-state index contributed by atoms with van der Waals surface area (Å²) in [5, 5.41) is 3.50. The highest BCUT2D eigenvalue weighted by Gasteiger charge is 2.03. The van der Waals surface area contributed by atoms with Gasteiger partial charge in [0.15, 0.2) is 0 Å². The van der Waals surface area contributed by atoms with Gasteiger partial charge in [-0.1, -0.05) is 28.1 Å². The molecular formula is C14H18BrN. The van der Waals surface area contributed by atoms with Crippen LogP contribution in [0.2, 0.25) is 0 Å². The SMILES string of the molecule is C#CCCCCNC(C)c1cccc(Br)c1. The molecule has 0 amide bonds. The first-order valence-electron chi connectivity index (χ1n) is 5.66. The summed E-state index contributed by atoms with van der Waals surface area (Å²) in [6.45, 7) is 3.21. The normalized spacial score (nSPS) is 12.1. The summed E-state index contributed by atoms with van der Waals surface area (Å²) in [5.74, 6) is 2.66. The highest BCUT2D eigenvalue weighted by atomic mass is 79.9. The van der Waals surface area contributed by atoms with E-state index in [1.54, 1.807) is 0 Å². The fourth-order valence-corrected chi connectivity index (χ4v) is 1.98. The summed E-state index contributed by atoms with van der Waals surface area (Å²) in [6, 6.07) is 8.80. The fourth-order valence-electron chi connectivity index (χ4n) is 1.56. The lowest BCUT2D eigenvalue weighted by Crippen LogP contribution is -2.19. The lowest BCUT2D eigenvalue weighted by Gasteiger charge is -2.14. The standard InChI is InChI=1S/C14H18BrN/c1-3-4-5-6-10-16-12(2)13-8-7-9-14(15)11-13/h1,7-9,11-12,16H,4-6,10H2,2H3. The summed E-state index contributed by atoms with van der Waals surface area (Å²) in [4.78, 5) is 0. The van der Waals surface area contributed by atoms with Gasteiger partial charge in [0.25, 0.3) is 0 Å². The van der Waals surface area contributed by atoms with Crippen LogP contribution in [0.4, 0.5) is 0 Å². The molecule has 0 spiro atoms. The highest BCUT2D eigenvalue weighted by Crippen LogP contribution is 2.17. The van der Waals surface area contributed by atoms with Crippen LogP contribution in [0.5, 0.6) is 0 Å². The summed E-state index contributed by atoms with van der Waals surface area (Å²) >= 11 is 3.48. The Bertz CT molecular complexity index is 354. The lowest BCUT2D eigenvalue weighted by molar-refractivity contribution is 0.549. The summed E-state index contributed by atoms with van der Waals surface area (Å²) < 4.78 is 1.13. The Kier molecular flexibility index (Phi) is 6.22. The van der Waals surface area contributed by atoms with E-state index in [-0.39, 0.29) is 0 Å². The maximum atomic E-state index is 5.20. The van der Waals surface area contributed by atoms with Crippen molar-refractivity contribution in [2.24, 2.45) is 0 Å². The maximum absolute atomic E-state index is 5.20. The average molecular weight is 280 g/mol. The number of hydrogen-bond acceptors (Lipinski definition) is 1. The molecule has 0 bridgehead atoms. The molecule has 86 valence electrons. The number of terminal acetylenes is 1. The second-order valence-electron chi connectivity index (χ2n) is 3.89. The molecule has 0 aromatic heterocycles. The van der Waals surface area contributed by atoms with Crippen molar-refractivity contribution in [3.05, 3.63) is 34.3 Å². The minimum Gasteiger partial charge on any atom is -0.310 e. The first-order valence-corrected chi connectivity index (χ1v) is 6.45. The summed E-state index contributed by atoms with van der Waals surface area (Å²) in [6.07, 6.45) is 8.33. The van der Waals surface area contributed by atoms with Crippen LogP contribution in [0.15, 0.2) is 28.7 Å². The zero-order valence-electron chi connectivity index (χ0n) is 9.67. The molecule has 1 atom stereocenters. The van der Waals surface area contributed by atoms with E-state index in [0.717, 1.165) is 30.3 Å². The van der Waals surface area contributed by atoms with Gasteiger partial charge in [-0.25, -0.2) is 0 Å². The van der Waals surface area contributed by atoms with Crippen LogP contribution in [0.3, 0.4) is 0 Å². The molecule has 16 heavy (non-hydrogen) atoms. The van der Waals surface area contributed by atoms with Crippen molar-refractivity contribution in [2.75, 3.05) is 6.54 Å². The predicted molar refractivity (Wildman–Crippen MR) is 73.2 cm³/mol. The van der Waals surface area contributed by atoms with E-state index in [2.05, 4.69) is 52.3 Å². The van der Waals surface area contributed by atoms with Crippen molar-refractivity contribution in [1.29, 1.82) is 0 Å². The molecule has 0 aliphatic carbocycles. The van der Waals surface area contributed by atoms with E-state index in [9.17, 15) is 0 Å². The quantitative estimate of drug-likeness (QED) is 0.615. The number of benzene rings is 1. The molecule has 0 aliphatic heterocycles. The molecule has 0 aliphatic rings. The lowest BCUT2D eigenvalue weighted by atomic mass is 10.1. The Morgan fingerprint density at radius 2 is 2.25 bits per heavy atom. The van der Waals surface area contributed by atoms with Crippen LogP contribution in [0.1, 0.15) is 37.8 Å². The number of unbranched alkanes of at least 4 members (excludes halogenated alkanes) is 2. The van der Waals surface area contributed by atoms with E-state index >= 15 is 0 Å². The van der Waals surface area contributed by atoms with E-state index < -0.39 is 0 Å². The molecule has 0 saturated heterocycles. The third-order valence-electron chi connectivity index (χ3n) is 2.55. The third kappa shape index (κ3) is 4.83. The molecule has 1 unspecified atom stereocenters. The minimum atomic E-state index is 0.392. The van der Waals surface area contributed by atoms with Gasteiger partial charge in [0.1, 0.15) is 0 Å². The fraction of sp³-hybridized carbons (Fsp3) is 0.429. The van der Waals surface area contributed by atoms with Gasteiger partial charge in [0, 0.05) is 16.9 Å². The van der Waals surface area contributed by atoms with Gasteiger partial charge >= 0.3 is 0 Å². The van der Waals surface area contributed by atoms with Crippen LogP contribution in [0, 0.1) is 12.3 Å². The molecule has 1 aromatic carbocycles. The number of nitrogens with one attached hydrogen (secondary N) is 1. The van der Waals surface area contributed by atoms with Gasteiger partial charge in [-0.15, -0.1) is 12.3 Å². The smallest absolute Gasteiger partial charge is 0.0292 e. The van der Waals surface area contributed by atoms with Crippen molar-refractivity contribution in [2.45, 2.75) is 32.2 Å². The Labute approximate surface area is 107 Å². The summed E-state index contributed by atoms with van der Waals surface area (Å²) in [7, 11) is 0. The third-order valence-corrected chi connectivity index (χ3v) is 3.04. The van der Waals surface area contributed by atoms with Gasteiger partial charge in [-0.2, -0.15) is 0 Å². The van der Waals surface area contributed by atoms with Crippen LogP contribution < -0.4 is 5.32 Å². The average Bonchev–Trinajstić information content (AvgIpc) is 2.28. The molecule has 0 heterocycles. The van der Waals surface area contributed by atoms with Crippen LogP contribution >= 0.6 is 15.9 Å². The topological polar surface area (TPSA) is 12.0 Å². The van der Waals surface area contributed by atoms with E-state index in [0.29, 0.717) is 6.04 Å². The Morgan fingerprint density at radius 3 is 2.94 bits per heavy atom. The Morgan fingerprint density at radius 1 is 1.44 bits per heavy atom.